The summed E-state index contributed by atoms with van der Waals surface area (Å²) in [5, 5.41) is 0. The van der Waals surface area contributed by atoms with Crippen molar-refractivity contribution in [2.45, 2.75) is 6.54 Å². The summed E-state index contributed by atoms with van der Waals surface area (Å²) in [5.41, 5.74) is -1.29. The first-order chi connectivity index (χ1) is 8.09. The van der Waals surface area contributed by atoms with E-state index >= 15 is 0 Å². The van der Waals surface area contributed by atoms with E-state index in [4.69, 9.17) is 0 Å². The van der Waals surface area contributed by atoms with Gasteiger partial charge in [-0.2, -0.15) is 0 Å². The number of aromatic amines is 1. The maximum absolute atomic E-state index is 13.3. The molecule has 0 saturated carbocycles. The van der Waals surface area contributed by atoms with Gasteiger partial charge in [0.1, 0.15) is 0 Å². The van der Waals surface area contributed by atoms with Crippen LogP contribution in [0.2, 0.25) is 0 Å². The van der Waals surface area contributed by atoms with Crippen molar-refractivity contribution in [2.75, 3.05) is 0 Å². The lowest BCUT2D eigenvalue weighted by Crippen LogP contribution is -2.34. The van der Waals surface area contributed by atoms with E-state index in [0.717, 1.165) is 16.7 Å². The van der Waals surface area contributed by atoms with E-state index in [0.29, 0.717) is 0 Å². The minimum Gasteiger partial charge on any atom is -0.314 e. The second-order valence-electron chi connectivity index (χ2n) is 3.42. The normalized spacial score (nSPS) is 10.5. The summed E-state index contributed by atoms with van der Waals surface area (Å²) in [6, 6.07) is 4.74. The summed E-state index contributed by atoms with van der Waals surface area (Å²) in [6.07, 6.45) is 1.20. The molecule has 0 fully saturated rings. The van der Waals surface area contributed by atoms with Gasteiger partial charge in [0, 0.05) is 17.8 Å². The minimum absolute atomic E-state index is 0.0520. The first-order valence-corrected chi connectivity index (χ1v) is 4.81. The minimum atomic E-state index is -1.05. The predicted octanol–water partition coefficient (Wildman–Crippen LogP) is 0.863. The third kappa shape index (κ3) is 2.15. The van der Waals surface area contributed by atoms with Crippen molar-refractivity contribution in [3.05, 3.63) is 68.5 Å². The zero-order chi connectivity index (χ0) is 12.4. The second-order valence-corrected chi connectivity index (χ2v) is 3.42. The van der Waals surface area contributed by atoms with Crippen LogP contribution in [0.25, 0.3) is 0 Å². The van der Waals surface area contributed by atoms with Crippen LogP contribution in [0, 0.1) is 11.6 Å². The molecule has 0 amide bonds. The quantitative estimate of drug-likeness (QED) is 0.843. The number of benzene rings is 1. The molecule has 6 heteroatoms. The Morgan fingerprint density at radius 2 is 1.94 bits per heavy atom. The van der Waals surface area contributed by atoms with Gasteiger partial charge in [-0.05, 0) is 6.07 Å². The molecular weight excluding hydrogens is 230 g/mol. The molecule has 1 aromatic carbocycles. The van der Waals surface area contributed by atoms with Gasteiger partial charge in [-0.25, -0.2) is 13.6 Å². The molecule has 0 radical (unpaired) electrons. The van der Waals surface area contributed by atoms with Crippen LogP contribution in [-0.2, 0) is 6.54 Å². The molecule has 0 saturated heterocycles. The predicted molar refractivity (Wildman–Crippen MR) is 56.8 cm³/mol. The van der Waals surface area contributed by atoms with Gasteiger partial charge in [0.2, 0.25) is 0 Å². The van der Waals surface area contributed by atoms with Crippen molar-refractivity contribution in [2.24, 2.45) is 0 Å². The zero-order valence-corrected chi connectivity index (χ0v) is 8.61. The lowest BCUT2D eigenvalue weighted by Gasteiger charge is -2.05. The van der Waals surface area contributed by atoms with Crippen LogP contribution in [0.15, 0.2) is 40.1 Å². The number of hydrogen-bond donors (Lipinski definition) is 1. The highest BCUT2D eigenvalue weighted by molar-refractivity contribution is 5.19. The Hall–Kier alpha value is -2.24. The highest BCUT2D eigenvalue weighted by Crippen LogP contribution is 2.11. The van der Waals surface area contributed by atoms with Gasteiger partial charge in [-0.1, -0.05) is 12.1 Å². The fraction of sp³-hybridized carbons (Fsp3) is 0.0909. The van der Waals surface area contributed by atoms with E-state index in [1.807, 2.05) is 0 Å². The van der Waals surface area contributed by atoms with E-state index in [1.165, 1.54) is 18.3 Å². The molecule has 1 aromatic heterocycles. The number of rotatable bonds is 2. The molecule has 2 aromatic rings. The highest BCUT2D eigenvalue weighted by Gasteiger charge is 2.09. The molecular formula is C11H8F2N2O2. The van der Waals surface area contributed by atoms with Gasteiger partial charge in [-0.3, -0.25) is 9.36 Å². The molecule has 2 rings (SSSR count). The number of hydrogen-bond acceptors (Lipinski definition) is 2. The SMILES string of the molecule is O=c1cc[nH]c(=O)n1Cc1cccc(F)c1F. The summed E-state index contributed by atoms with van der Waals surface area (Å²) < 4.78 is 27.1. The van der Waals surface area contributed by atoms with E-state index in [-0.39, 0.29) is 12.1 Å². The molecule has 1 N–H and O–H groups in total. The third-order valence-electron chi connectivity index (χ3n) is 2.30. The Morgan fingerprint density at radius 1 is 1.18 bits per heavy atom. The van der Waals surface area contributed by atoms with Crippen molar-refractivity contribution in [3.63, 3.8) is 0 Å². The van der Waals surface area contributed by atoms with E-state index in [1.54, 1.807) is 0 Å². The van der Waals surface area contributed by atoms with Crippen LogP contribution in [0.3, 0.4) is 0 Å². The van der Waals surface area contributed by atoms with E-state index in [9.17, 15) is 18.4 Å². The van der Waals surface area contributed by atoms with Crippen LogP contribution in [0.1, 0.15) is 5.56 Å². The lowest BCUT2D eigenvalue weighted by molar-refractivity contribution is 0.493. The summed E-state index contributed by atoms with van der Waals surface area (Å²) in [5.74, 6) is -2.06. The monoisotopic (exact) mass is 238 g/mol. The molecule has 0 aliphatic carbocycles. The Morgan fingerprint density at radius 3 is 2.65 bits per heavy atom. The average molecular weight is 238 g/mol. The van der Waals surface area contributed by atoms with Crippen LogP contribution in [0.5, 0.6) is 0 Å². The molecule has 0 aliphatic rings. The molecule has 17 heavy (non-hydrogen) atoms. The number of nitrogens with one attached hydrogen (secondary N) is 1. The lowest BCUT2D eigenvalue weighted by atomic mass is 10.2. The number of aromatic nitrogens is 2. The maximum Gasteiger partial charge on any atom is 0.328 e. The Kier molecular flexibility index (Phi) is 2.86. The Bertz CT molecular complexity index is 633. The Balaban J connectivity index is 2.49. The number of H-pyrrole nitrogens is 1. The van der Waals surface area contributed by atoms with E-state index in [2.05, 4.69) is 4.98 Å². The molecule has 88 valence electrons. The topological polar surface area (TPSA) is 54.9 Å². The van der Waals surface area contributed by atoms with Crippen LogP contribution < -0.4 is 11.2 Å². The molecule has 0 aliphatic heterocycles. The summed E-state index contributed by atoms with van der Waals surface area (Å²) in [7, 11) is 0. The van der Waals surface area contributed by atoms with Crippen molar-refractivity contribution in [3.8, 4) is 0 Å². The Labute approximate surface area is 94.2 Å². The average Bonchev–Trinajstić information content (AvgIpc) is 2.29. The molecule has 0 unspecified atom stereocenters. The van der Waals surface area contributed by atoms with Crippen molar-refractivity contribution in [1.82, 2.24) is 9.55 Å². The van der Waals surface area contributed by atoms with Gasteiger partial charge in [0.05, 0.1) is 6.54 Å². The first kappa shape index (κ1) is 11.3. The zero-order valence-electron chi connectivity index (χ0n) is 8.61. The molecule has 4 nitrogen and oxygen atoms in total. The van der Waals surface area contributed by atoms with Gasteiger partial charge < -0.3 is 4.98 Å². The highest BCUT2D eigenvalue weighted by atomic mass is 19.2. The fourth-order valence-electron chi connectivity index (χ4n) is 1.44. The fourth-order valence-corrected chi connectivity index (χ4v) is 1.44. The largest absolute Gasteiger partial charge is 0.328 e. The van der Waals surface area contributed by atoms with Gasteiger partial charge in [0.15, 0.2) is 11.6 Å². The standard InChI is InChI=1S/C11H8F2N2O2/c12-8-3-1-2-7(10(8)13)6-15-9(16)4-5-14-11(15)17/h1-5H,6H2,(H,14,17). The molecule has 0 atom stereocenters. The van der Waals surface area contributed by atoms with Crippen LogP contribution >= 0.6 is 0 Å². The van der Waals surface area contributed by atoms with Gasteiger partial charge in [0.25, 0.3) is 5.56 Å². The summed E-state index contributed by atoms with van der Waals surface area (Å²) >= 11 is 0. The van der Waals surface area contributed by atoms with Gasteiger partial charge >= 0.3 is 5.69 Å². The van der Waals surface area contributed by atoms with Crippen molar-refractivity contribution < 1.29 is 8.78 Å². The number of nitrogens with zero attached hydrogens (tertiary/aromatic N) is 1. The number of halogens is 2. The van der Waals surface area contributed by atoms with Crippen LogP contribution in [0.4, 0.5) is 8.78 Å². The third-order valence-corrected chi connectivity index (χ3v) is 2.30. The van der Waals surface area contributed by atoms with Crippen molar-refractivity contribution in [1.29, 1.82) is 0 Å². The smallest absolute Gasteiger partial charge is 0.314 e. The molecule has 1 heterocycles. The van der Waals surface area contributed by atoms with Crippen molar-refractivity contribution >= 4 is 0 Å². The van der Waals surface area contributed by atoms with E-state index < -0.39 is 22.9 Å². The molecule has 0 spiro atoms. The second kappa shape index (κ2) is 4.32. The molecule has 0 bridgehead atoms. The summed E-state index contributed by atoms with van der Waals surface area (Å²) in [4.78, 5) is 25.0. The van der Waals surface area contributed by atoms with Crippen LogP contribution in [-0.4, -0.2) is 9.55 Å². The first-order valence-electron chi connectivity index (χ1n) is 4.81. The van der Waals surface area contributed by atoms with Gasteiger partial charge in [-0.15, -0.1) is 0 Å². The summed E-state index contributed by atoms with van der Waals surface area (Å²) in [6.45, 7) is -0.307. The maximum atomic E-state index is 13.3.